The van der Waals surface area contributed by atoms with Crippen LogP contribution in [0.2, 0.25) is 0 Å². The topological polar surface area (TPSA) is 56.7 Å². The fourth-order valence-corrected chi connectivity index (χ4v) is 1.68. The molecule has 2 aromatic rings. The zero-order valence-corrected chi connectivity index (χ0v) is 8.61. The van der Waals surface area contributed by atoms with Crippen LogP contribution in [-0.2, 0) is 0 Å². The number of aromatic nitrogens is 3. The Hall–Kier alpha value is -0.850. The van der Waals surface area contributed by atoms with Gasteiger partial charge in [0.2, 0.25) is 5.95 Å². The number of halogens is 1. The summed E-state index contributed by atoms with van der Waals surface area (Å²) in [5, 5.41) is 1.05. The third-order valence-corrected chi connectivity index (χ3v) is 2.49. The Labute approximate surface area is 83.3 Å². The Morgan fingerprint density at radius 1 is 1.50 bits per heavy atom. The van der Waals surface area contributed by atoms with Crippen molar-refractivity contribution in [3.8, 4) is 0 Å². The van der Waals surface area contributed by atoms with Crippen LogP contribution in [0.4, 0.5) is 5.95 Å². The maximum Gasteiger partial charge on any atom is 0.222 e. The van der Waals surface area contributed by atoms with Crippen molar-refractivity contribution >= 4 is 39.8 Å². The van der Waals surface area contributed by atoms with E-state index in [2.05, 4.69) is 32.8 Å². The molecular weight excluding hydrogens is 267 g/mol. The van der Waals surface area contributed by atoms with Crippen LogP contribution in [0.5, 0.6) is 0 Å². The van der Waals surface area contributed by atoms with E-state index in [4.69, 9.17) is 5.73 Å². The number of aryl methyl sites for hydroxylation is 1. The number of hydrogen-bond acceptors (Lipinski definition) is 3. The summed E-state index contributed by atoms with van der Waals surface area (Å²) < 4.78 is 1.90. The first-order valence-corrected chi connectivity index (χ1v) is 4.42. The maximum absolute atomic E-state index is 5.51. The average Bonchev–Trinajstić information content (AvgIpc) is 2.33. The average molecular weight is 274 g/mol. The van der Waals surface area contributed by atoms with Crippen LogP contribution in [0.15, 0.2) is 12.3 Å². The highest BCUT2D eigenvalue weighted by Gasteiger charge is 2.04. The Balaban J connectivity index is 2.92. The van der Waals surface area contributed by atoms with E-state index < -0.39 is 0 Å². The van der Waals surface area contributed by atoms with Crippen molar-refractivity contribution in [2.75, 3.05) is 5.73 Å². The van der Waals surface area contributed by atoms with Crippen molar-refractivity contribution in [2.45, 2.75) is 6.92 Å². The molecule has 0 amide bonds. The van der Waals surface area contributed by atoms with Crippen LogP contribution in [0, 0.1) is 6.92 Å². The first-order valence-electron chi connectivity index (χ1n) is 3.46. The summed E-state index contributed by atoms with van der Waals surface area (Å²) in [4.78, 5) is 8.18. The summed E-state index contributed by atoms with van der Waals surface area (Å²) in [6.07, 6.45) is 1.94. The van der Waals surface area contributed by atoms with Crippen molar-refractivity contribution < 1.29 is 0 Å². The second kappa shape index (κ2) is 2.58. The van der Waals surface area contributed by atoms with Gasteiger partial charge in [-0.1, -0.05) is 0 Å². The van der Waals surface area contributed by atoms with E-state index in [9.17, 15) is 0 Å². The monoisotopic (exact) mass is 274 g/mol. The molecule has 0 aromatic carbocycles. The molecule has 2 aromatic heterocycles. The Morgan fingerprint density at radius 2 is 2.25 bits per heavy atom. The zero-order valence-electron chi connectivity index (χ0n) is 6.45. The molecule has 0 aliphatic rings. The normalized spacial score (nSPS) is 10.8. The molecule has 4 nitrogen and oxygen atoms in total. The largest absolute Gasteiger partial charge is 0.368 e. The third kappa shape index (κ3) is 1.04. The van der Waals surface area contributed by atoms with E-state index in [0.717, 1.165) is 16.7 Å². The SMILES string of the molecule is Cc1nc(N)nc2c1ccn2I. The number of rotatable bonds is 0. The van der Waals surface area contributed by atoms with Crippen molar-refractivity contribution in [1.82, 2.24) is 12.7 Å². The lowest BCUT2D eigenvalue weighted by molar-refractivity contribution is 1.15. The maximum atomic E-state index is 5.51. The molecule has 2 N–H and O–H groups in total. The van der Waals surface area contributed by atoms with Crippen molar-refractivity contribution in [1.29, 1.82) is 0 Å². The van der Waals surface area contributed by atoms with Gasteiger partial charge in [0.05, 0.1) is 28.6 Å². The molecule has 0 radical (unpaired) electrons. The van der Waals surface area contributed by atoms with Gasteiger partial charge in [-0.05, 0) is 13.0 Å². The van der Waals surface area contributed by atoms with Gasteiger partial charge in [-0.3, -0.25) is 2.78 Å². The standard InChI is InChI=1S/C7H7IN4/c1-4-5-2-3-12(8)6(5)11-7(9)10-4/h2-3H,1H3,(H2,9,10,11). The van der Waals surface area contributed by atoms with Crippen molar-refractivity contribution in [2.24, 2.45) is 0 Å². The molecule has 62 valence electrons. The van der Waals surface area contributed by atoms with Gasteiger partial charge >= 0.3 is 0 Å². The fourth-order valence-electron chi connectivity index (χ4n) is 1.16. The molecule has 0 unspecified atom stereocenters. The summed E-state index contributed by atoms with van der Waals surface area (Å²) in [5.74, 6) is 0.330. The fraction of sp³-hybridized carbons (Fsp3) is 0.143. The molecule has 0 aliphatic heterocycles. The minimum atomic E-state index is 0.330. The third-order valence-electron chi connectivity index (χ3n) is 1.71. The van der Waals surface area contributed by atoms with Gasteiger partial charge in [-0.25, -0.2) is 4.98 Å². The Kier molecular flexibility index (Phi) is 1.67. The second-order valence-corrected chi connectivity index (χ2v) is 3.57. The van der Waals surface area contributed by atoms with E-state index in [1.54, 1.807) is 0 Å². The molecule has 12 heavy (non-hydrogen) atoms. The van der Waals surface area contributed by atoms with Crippen LogP contribution in [0.25, 0.3) is 11.0 Å². The van der Waals surface area contributed by atoms with Gasteiger partial charge in [0.1, 0.15) is 0 Å². The van der Waals surface area contributed by atoms with Crippen LogP contribution in [0.3, 0.4) is 0 Å². The molecule has 5 heteroatoms. The molecule has 2 heterocycles. The molecule has 0 saturated carbocycles. The van der Waals surface area contributed by atoms with Gasteiger partial charge < -0.3 is 5.73 Å². The first-order chi connectivity index (χ1) is 5.68. The molecule has 0 fully saturated rings. The highest BCUT2D eigenvalue weighted by atomic mass is 127. The number of nitrogen functional groups attached to an aromatic ring is 1. The molecule has 0 bridgehead atoms. The second-order valence-electron chi connectivity index (χ2n) is 2.53. The lowest BCUT2D eigenvalue weighted by Crippen LogP contribution is -1.97. The predicted molar refractivity (Wildman–Crippen MR) is 56.1 cm³/mol. The molecule has 0 aliphatic carbocycles. The Morgan fingerprint density at radius 3 is 3.00 bits per heavy atom. The van der Waals surface area contributed by atoms with Crippen LogP contribution >= 0.6 is 22.9 Å². The van der Waals surface area contributed by atoms with E-state index in [1.807, 2.05) is 22.0 Å². The predicted octanol–water partition coefficient (Wildman–Crippen LogP) is 1.52. The summed E-state index contributed by atoms with van der Waals surface area (Å²) >= 11 is 2.16. The molecule has 0 spiro atoms. The van der Waals surface area contributed by atoms with Crippen LogP contribution in [0.1, 0.15) is 5.69 Å². The van der Waals surface area contributed by atoms with E-state index in [0.29, 0.717) is 5.95 Å². The smallest absolute Gasteiger partial charge is 0.222 e. The highest BCUT2D eigenvalue weighted by Crippen LogP contribution is 2.18. The van der Waals surface area contributed by atoms with Crippen LogP contribution < -0.4 is 5.73 Å². The molecule has 0 atom stereocenters. The minimum absolute atomic E-state index is 0.330. The summed E-state index contributed by atoms with van der Waals surface area (Å²) in [7, 11) is 0. The molecular formula is C7H7IN4. The van der Waals surface area contributed by atoms with Gasteiger partial charge in [0.15, 0.2) is 5.65 Å². The summed E-state index contributed by atoms with van der Waals surface area (Å²) in [6.45, 7) is 1.93. The number of fused-ring (bicyclic) bond motifs is 1. The van der Waals surface area contributed by atoms with E-state index in [1.165, 1.54) is 0 Å². The zero-order chi connectivity index (χ0) is 8.72. The first kappa shape index (κ1) is 7.78. The van der Waals surface area contributed by atoms with Crippen molar-refractivity contribution in [3.05, 3.63) is 18.0 Å². The van der Waals surface area contributed by atoms with Crippen LogP contribution in [-0.4, -0.2) is 12.7 Å². The van der Waals surface area contributed by atoms with E-state index in [-0.39, 0.29) is 0 Å². The van der Waals surface area contributed by atoms with Crippen molar-refractivity contribution in [3.63, 3.8) is 0 Å². The van der Waals surface area contributed by atoms with Gasteiger partial charge in [0, 0.05) is 11.6 Å². The number of nitrogens with two attached hydrogens (primary N) is 1. The quantitative estimate of drug-likeness (QED) is 0.741. The van der Waals surface area contributed by atoms with E-state index >= 15 is 0 Å². The summed E-state index contributed by atoms with van der Waals surface area (Å²) in [6, 6.07) is 1.98. The number of anilines is 1. The summed E-state index contributed by atoms with van der Waals surface area (Å²) in [5.41, 5.74) is 7.31. The lowest BCUT2D eigenvalue weighted by Gasteiger charge is -1.97. The number of hydrogen-bond donors (Lipinski definition) is 1. The van der Waals surface area contributed by atoms with Gasteiger partial charge in [0.25, 0.3) is 0 Å². The molecule has 2 rings (SSSR count). The highest BCUT2D eigenvalue weighted by molar-refractivity contribution is 14.1. The Bertz CT molecular complexity index is 434. The molecule has 0 saturated heterocycles. The van der Waals surface area contributed by atoms with Gasteiger partial charge in [-0.15, -0.1) is 0 Å². The number of nitrogens with zero attached hydrogens (tertiary/aromatic N) is 3. The minimum Gasteiger partial charge on any atom is -0.368 e. The van der Waals surface area contributed by atoms with Gasteiger partial charge in [-0.2, -0.15) is 4.98 Å². The lowest BCUT2D eigenvalue weighted by atomic mass is 10.3.